The number of hydrogen-bond acceptors (Lipinski definition) is 5. The van der Waals surface area contributed by atoms with Crippen LogP contribution in [0.3, 0.4) is 0 Å². The smallest absolute Gasteiger partial charge is 0.266 e. The molecule has 3 aromatic carbocycles. The summed E-state index contributed by atoms with van der Waals surface area (Å²) in [7, 11) is 1.58. The number of benzene rings is 3. The molecule has 2 saturated heterocycles. The summed E-state index contributed by atoms with van der Waals surface area (Å²) in [6.07, 6.45) is -0.887. The number of anilines is 2. The van der Waals surface area contributed by atoms with Crippen molar-refractivity contribution in [3.8, 4) is 5.75 Å². The van der Waals surface area contributed by atoms with Gasteiger partial charge in [-0.25, -0.2) is 9.96 Å². The van der Waals surface area contributed by atoms with E-state index in [4.69, 9.17) is 9.57 Å². The van der Waals surface area contributed by atoms with Crippen LogP contribution in [0.2, 0.25) is 0 Å². The highest BCUT2D eigenvalue weighted by molar-refractivity contribution is 6.23. The van der Waals surface area contributed by atoms with Crippen LogP contribution in [0.4, 0.5) is 11.4 Å². The quantitative estimate of drug-likeness (QED) is 0.515. The summed E-state index contributed by atoms with van der Waals surface area (Å²) in [4.78, 5) is 34.6. The second kappa shape index (κ2) is 8.29. The molecule has 0 aromatic heterocycles. The fourth-order valence-electron chi connectivity index (χ4n) is 4.72. The van der Waals surface area contributed by atoms with Crippen LogP contribution in [0.5, 0.6) is 5.75 Å². The number of ether oxygens (including phenoxy) is 1. The van der Waals surface area contributed by atoms with E-state index >= 15 is 0 Å². The van der Waals surface area contributed by atoms with Crippen LogP contribution >= 0.6 is 0 Å². The number of hydrogen-bond donors (Lipinski definition) is 0. The zero-order valence-corrected chi connectivity index (χ0v) is 19.8. The topological polar surface area (TPSA) is 59.1 Å². The largest absolute Gasteiger partial charge is 0.497 e. The zero-order valence-electron chi connectivity index (χ0n) is 19.8. The molecule has 174 valence electrons. The summed E-state index contributed by atoms with van der Waals surface area (Å²) in [5.41, 5.74) is 3.46. The Morgan fingerprint density at radius 2 is 1.44 bits per heavy atom. The Bertz CT molecular complexity index is 1200. The van der Waals surface area contributed by atoms with Crippen LogP contribution < -0.4 is 14.7 Å². The number of para-hydroxylation sites is 1. The molecule has 2 heterocycles. The van der Waals surface area contributed by atoms with E-state index in [0.29, 0.717) is 11.4 Å². The number of methoxy groups -OCH3 is 1. The molecule has 6 nitrogen and oxygen atoms in total. The highest BCUT2D eigenvalue weighted by Crippen LogP contribution is 2.47. The van der Waals surface area contributed by atoms with Gasteiger partial charge in [0.1, 0.15) is 11.7 Å². The van der Waals surface area contributed by atoms with Gasteiger partial charge < -0.3 is 4.74 Å². The van der Waals surface area contributed by atoms with Gasteiger partial charge in [-0.2, -0.15) is 0 Å². The van der Waals surface area contributed by atoms with Gasteiger partial charge in [-0.15, -0.1) is 0 Å². The lowest BCUT2D eigenvalue weighted by atomic mass is 9.84. The molecule has 3 aromatic rings. The monoisotopic (exact) mass is 456 g/mol. The highest BCUT2D eigenvalue weighted by Gasteiger charge is 2.60. The second-order valence-corrected chi connectivity index (χ2v) is 9.74. The van der Waals surface area contributed by atoms with Crippen LogP contribution in [-0.2, 0) is 19.8 Å². The van der Waals surface area contributed by atoms with Crippen molar-refractivity contribution in [2.75, 3.05) is 17.1 Å². The van der Waals surface area contributed by atoms with Gasteiger partial charge in [0.25, 0.3) is 5.91 Å². The van der Waals surface area contributed by atoms with Crippen LogP contribution in [0.25, 0.3) is 0 Å². The standard InChI is InChI=1S/C28H28N2O4/c1-28(2,3)19-12-10-18(11-13-19)24-23-25(34-30(24)21-8-6-5-7-9-21)27(32)29(26(23)31)20-14-16-22(33-4)17-15-20/h5-17,23-25H,1-4H3/t23-,24-,25+/m1/s1. The van der Waals surface area contributed by atoms with Crippen LogP contribution in [0.15, 0.2) is 78.9 Å². The van der Waals surface area contributed by atoms with E-state index in [1.807, 2.05) is 42.5 Å². The fourth-order valence-corrected chi connectivity index (χ4v) is 4.72. The van der Waals surface area contributed by atoms with E-state index < -0.39 is 18.1 Å². The highest BCUT2D eigenvalue weighted by atomic mass is 16.7. The van der Waals surface area contributed by atoms with Crippen molar-refractivity contribution in [1.82, 2.24) is 0 Å². The van der Waals surface area contributed by atoms with Crippen molar-refractivity contribution in [3.63, 3.8) is 0 Å². The Kier molecular flexibility index (Phi) is 5.41. The maximum Gasteiger partial charge on any atom is 0.266 e. The van der Waals surface area contributed by atoms with Crippen molar-refractivity contribution >= 4 is 23.2 Å². The van der Waals surface area contributed by atoms with E-state index in [1.54, 1.807) is 36.4 Å². The summed E-state index contributed by atoms with van der Waals surface area (Å²) < 4.78 is 5.21. The molecule has 6 heteroatoms. The Morgan fingerprint density at radius 3 is 2.03 bits per heavy atom. The third kappa shape index (κ3) is 3.64. The lowest BCUT2D eigenvalue weighted by Crippen LogP contribution is -2.37. The molecule has 0 bridgehead atoms. The fraction of sp³-hybridized carbons (Fsp3) is 0.286. The number of amides is 2. The third-order valence-corrected chi connectivity index (χ3v) is 6.57. The molecule has 2 aliphatic rings. The van der Waals surface area contributed by atoms with E-state index in [1.165, 1.54) is 10.5 Å². The molecule has 0 spiro atoms. The molecule has 0 unspecified atom stereocenters. The predicted octanol–water partition coefficient (Wildman–Crippen LogP) is 5.04. The second-order valence-electron chi connectivity index (χ2n) is 9.74. The van der Waals surface area contributed by atoms with Crippen molar-refractivity contribution in [1.29, 1.82) is 0 Å². The van der Waals surface area contributed by atoms with Gasteiger partial charge in [0.15, 0.2) is 6.10 Å². The molecule has 0 aliphatic carbocycles. The first-order valence-electron chi connectivity index (χ1n) is 11.4. The molecule has 0 saturated carbocycles. The maximum atomic E-state index is 13.7. The number of rotatable bonds is 4. The summed E-state index contributed by atoms with van der Waals surface area (Å²) in [5.74, 6) is -0.611. The summed E-state index contributed by atoms with van der Waals surface area (Å²) in [6, 6.07) is 24.4. The average Bonchev–Trinajstić information content (AvgIpc) is 3.35. The van der Waals surface area contributed by atoms with Gasteiger partial charge in [0.2, 0.25) is 5.91 Å². The molecule has 0 radical (unpaired) electrons. The van der Waals surface area contributed by atoms with Crippen molar-refractivity contribution < 1.29 is 19.2 Å². The van der Waals surface area contributed by atoms with Gasteiger partial charge in [-0.1, -0.05) is 63.2 Å². The van der Waals surface area contributed by atoms with Crippen LogP contribution in [-0.4, -0.2) is 25.0 Å². The minimum atomic E-state index is -0.887. The SMILES string of the molecule is COc1ccc(N2C(=O)[C@H]3[C@H](ON(c4ccccc4)[C@@H]3c3ccc(C(C)(C)C)cc3)C2=O)cc1. The number of fused-ring (bicyclic) bond motifs is 1. The normalized spacial score (nSPS) is 22.3. The minimum Gasteiger partial charge on any atom is -0.497 e. The lowest BCUT2D eigenvalue weighted by Gasteiger charge is -2.29. The predicted molar refractivity (Wildman–Crippen MR) is 131 cm³/mol. The first-order valence-corrected chi connectivity index (χ1v) is 11.4. The molecule has 2 amide bonds. The van der Waals surface area contributed by atoms with Gasteiger partial charge >= 0.3 is 0 Å². The molecule has 2 fully saturated rings. The van der Waals surface area contributed by atoms with E-state index in [-0.39, 0.29) is 17.2 Å². The van der Waals surface area contributed by atoms with Gasteiger partial charge in [-0.3, -0.25) is 14.4 Å². The van der Waals surface area contributed by atoms with Gasteiger partial charge in [0, 0.05) is 0 Å². The maximum absolute atomic E-state index is 13.7. The van der Waals surface area contributed by atoms with Gasteiger partial charge in [0.05, 0.1) is 24.5 Å². The first kappa shape index (κ1) is 22.2. The van der Waals surface area contributed by atoms with Crippen molar-refractivity contribution in [3.05, 3.63) is 90.0 Å². The summed E-state index contributed by atoms with van der Waals surface area (Å²) >= 11 is 0. The summed E-state index contributed by atoms with van der Waals surface area (Å²) in [5, 5.41) is 1.72. The Labute approximate surface area is 199 Å². The zero-order chi connectivity index (χ0) is 24.0. The molecular weight excluding hydrogens is 428 g/mol. The molecular formula is C28H28N2O4. The van der Waals surface area contributed by atoms with E-state index in [9.17, 15) is 9.59 Å². The number of nitrogens with zero attached hydrogens (tertiary/aromatic N) is 2. The molecule has 34 heavy (non-hydrogen) atoms. The third-order valence-electron chi connectivity index (χ3n) is 6.57. The molecule has 3 atom stereocenters. The van der Waals surface area contributed by atoms with Crippen LogP contribution in [0, 0.1) is 5.92 Å². The number of carbonyl (C=O) groups is 2. The lowest BCUT2D eigenvalue weighted by molar-refractivity contribution is -0.126. The summed E-state index contributed by atoms with van der Waals surface area (Å²) in [6.45, 7) is 6.50. The number of imide groups is 1. The average molecular weight is 457 g/mol. The van der Waals surface area contributed by atoms with Crippen LogP contribution in [0.1, 0.15) is 37.9 Å². The van der Waals surface area contributed by atoms with E-state index in [2.05, 4.69) is 32.9 Å². The number of hydroxylamine groups is 1. The first-order chi connectivity index (χ1) is 16.3. The number of carbonyl (C=O) groups excluding carboxylic acids is 2. The van der Waals surface area contributed by atoms with E-state index in [0.717, 1.165) is 11.3 Å². The molecule has 5 rings (SSSR count). The Morgan fingerprint density at radius 1 is 0.794 bits per heavy atom. The van der Waals surface area contributed by atoms with Gasteiger partial charge in [-0.05, 0) is 52.9 Å². The molecule has 0 N–H and O–H groups in total. The van der Waals surface area contributed by atoms with Crippen molar-refractivity contribution in [2.24, 2.45) is 5.92 Å². The Balaban J connectivity index is 1.55. The molecule has 2 aliphatic heterocycles. The minimum absolute atomic E-state index is 0.0106. The van der Waals surface area contributed by atoms with Crippen molar-refractivity contribution in [2.45, 2.75) is 38.3 Å². The Hall–Kier alpha value is -3.64.